The van der Waals surface area contributed by atoms with Gasteiger partial charge in [0.2, 0.25) is 5.91 Å². The zero-order valence-electron chi connectivity index (χ0n) is 15.9. The summed E-state index contributed by atoms with van der Waals surface area (Å²) in [6.45, 7) is 4.96. The van der Waals surface area contributed by atoms with Gasteiger partial charge in [-0.05, 0) is 6.92 Å². The highest BCUT2D eigenvalue weighted by Gasteiger charge is 2.22. The molecule has 0 aliphatic carbocycles. The first-order chi connectivity index (χ1) is 13.7. The average molecular weight is 377 g/mol. The lowest BCUT2D eigenvalue weighted by molar-refractivity contribution is -0.131. The van der Waals surface area contributed by atoms with Gasteiger partial charge in [-0.25, -0.2) is 9.97 Å². The van der Waals surface area contributed by atoms with Gasteiger partial charge in [-0.2, -0.15) is 0 Å². The number of amides is 1. The van der Waals surface area contributed by atoms with Gasteiger partial charge in [0.1, 0.15) is 5.82 Å². The molecule has 1 aliphatic rings. The van der Waals surface area contributed by atoms with Crippen LogP contribution in [0.25, 0.3) is 11.3 Å². The van der Waals surface area contributed by atoms with E-state index >= 15 is 0 Å². The summed E-state index contributed by atoms with van der Waals surface area (Å²) in [5, 5.41) is 0. The largest absolute Gasteiger partial charge is 0.441 e. The number of oxazole rings is 1. The van der Waals surface area contributed by atoms with E-state index in [-0.39, 0.29) is 5.91 Å². The Morgan fingerprint density at radius 1 is 1.04 bits per heavy atom. The van der Waals surface area contributed by atoms with Crippen molar-refractivity contribution in [3.63, 3.8) is 0 Å². The Hall–Kier alpha value is -3.22. The Morgan fingerprint density at radius 2 is 1.82 bits per heavy atom. The van der Waals surface area contributed by atoms with Crippen molar-refractivity contribution in [1.82, 2.24) is 19.9 Å². The molecule has 0 unspecified atom stereocenters. The standard InChI is InChI=1S/C21H23N5O2/c1-16-2-4-17(5-3-16)18-14-24-20(28-18)6-7-21(27)26-12-10-25(11-13-26)19-15-22-8-9-23-19/h2-5,8-9,14-15H,6-7,10-13H2,1H3. The molecule has 0 atom stereocenters. The monoisotopic (exact) mass is 377 g/mol. The van der Waals surface area contributed by atoms with Crippen molar-refractivity contribution in [3.05, 3.63) is 60.5 Å². The van der Waals surface area contributed by atoms with E-state index in [0.717, 1.165) is 30.2 Å². The highest BCUT2D eigenvalue weighted by atomic mass is 16.4. The number of aromatic nitrogens is 3. The highest BCUT2D eigenvalue weighted by Crippen LogP contribution is 2.21. The van der Waals surface area contributed by atoms with Crippen LogP contribution in [0.3, 0.4) is 0 Å². The Kier molecular flexibility index (Phi) is 5.32. The van der Waals surface area contributed by atoms with E-state index in [9.17, 15) is 4.79 Å². The van der Waals surface area contributed by atoms with Gasteiger partial charge in [-0.15, -0.1) is 0 Å². The molecule has 1 aliphatic heterocycles. The van der Waals surface area contributed by atoms with Gasteiger partial charge in [0.05, 0.1) is 12.4 Å². The maximum absolute atomic E-state index is 12.5. The number of carbonyl (C=O) groups is 1. The average Bonchev–Trinajstić information content (AvgIpc) is 3.22. The molecule has 7 heteroatoms. The molecule has 1 amide bonds. The maximum atomic E-state index is 12.5. The minimum atomic E-state index is 0.133. The van der Waals surface area contributed by atoms with Crippen molar-refractivity contribution in [1.29, 1.82) is 0 Å². The Labute approximate surface area is 164 Å². The van der Waals surface area contributed by atoms with E-state index < -0.39 is 0 Å². The van der Waals surface area contributed by atoms with Crippen LogP contribution in [0.1, 0.15) is 17.9 Å². The number of aryl methyl sites for hydroxylation is 2. The summed E-state index contributed by atoms with van der Waals surface area (Å²) in [6.07, 6.45) is 7.74. The molecule has 3 aromatic rings. The van der Waals surface area contributed by atoms with Crippen molar-refractivity contribution in [2.75, 3.05) is 31.1 Å². The van der Waals surface area contributed by atoms with Crippen LogP contribution in [0.2, 0.25) is 0 Å². The second kappa shape index (κ2) is 8.21. The smallest absolute Gasteiger partial charge is 0.223 e. The predicted octanol–water partition coefficient (Wildman–Crippen LogP) is 2.72. The number of anilines is 1. The molecule has 7 nitrogen and oxygen atoms in total. The van der Waals surface area contributed by atoms with E-state index in [1.807, 2.05) is 36.1 Å². The topological polar surface area (TPSA) is 75.4 Å². The van der Waals surface area contributed by atoms with Gasteiger partial charge in [0, 0.05) is 57.0 Å². The fraction of sp³-hybridized carbons (Fsp3) is 0.333. The first kappa shape index (κ1) is 18.2. The summed E-state index contributed by atoms with van der Waals surface area (Å²) in [4.78, 5) is 29.3. The molecule has 0 spiro atoms. The van der Waals surface area contributed by atoms with Crippen LogP contribution in [0.5, 0.6) is 0 Å². The third-order valence-corrected chi connectivity index (χ3v) is 4.95. The molecule has 0 bridgehead atoms. The number of hydrogen-bond acceptors (Lipinski definition) is 6. The fourth-order valence-corrected chi connectivity index (χ4v) is 3.29. The van der Waals surface area contributed by atoms with Gasteiger partial charge in [-0.1, -0.05) is 29.8 Å². The molecular weight excluding hydrogens is 354 g/mol. The Balaban J connectivity index is 1.28. The second-order valence-corrected chi connectivity index (χ2v) is 6.92. The molecule has 0 N–H and O–H groups in total. The SMILES string of the molecule is Cc1ccc(-c2cnc(CCC(=O)N3CCN(c4cnccn4)CC3)o2)cc1. The lowest BCUT2D eigenvalue weighted by Crippen LogP contribution is -2.49. The summed E-state index contributed by atoms with van der Waals surface area (Å²) in [7, 11) is 0. The van der Waals surface area contributed by atoms with Crippen LogP contribution in [0.15, 0.2) is 53.5 Å². The highest BCUT2D eigenvalue weighted by molar-refractivity contribution is 5.76. The predicted molar refractivity (Wildman–Crippen MR) is 106 cm³/mol. The fourth-order valence-electron chi connectivity index (χ4n) is 3.29. The van der Waals surface area contributed by atoms with Gasteiger partial charge in [0.25, 0.3) is 0 Å². The minimum Gasteiger partial charge on any atom is -0.441 e. The van der Waals surface area contributed by atoms with Crippen molar-refractivity contribution >= 4 is 11.7 Å². The van der Waals surface area contributed by atoms with Crippen molar-refractivity contribution in [3.8, 4) is 11.3 Å². The normalized spacial score (nSPS) is 14.3. The van der Waals surface area contributed by atoms with Crippen LogP contribution in [-0.2, 0) is 11.2 Å². The van der Waals surface area contributed by atoms with Crippen LogP contribution in [0.4, 0.5) is 5.82 Å². The number of benzene rings is 1. The lowest BCUT2D eigenvalue weighted by atomic mass is 10.1. The maximum Gasteiger partial charge on any atom is 0.223 e. The summed E-state index contributed by atoms with van der Waals surface area (Å²) < 4.78 is 5.82. The quantitative estimate of drug-likeness (QED) is 0.681. The number of piperazine rings is 1. The van der Waals surface area contributed by atoms with E-state index in [4.69, 9.17) is 4.42 Å². The van der Waals surface area contributed by atoms with E-state index in [0.29, 0.717) is 31.8 Å². The van der Waals surface area contributed by atoms with Crippen LogP contribution >= 0.6 is 0 Å². The summed E-state index contributed by atoms with van der Waals surface area (Å²) in [6, 6.07) is 8.12. The Morgan fingerprint density at radius 3 is 2.54 bits per heavy atom. The van der Waals surface area contributed by atoms with E-state index in [1.165, 1.54) is 5.56 Å². The van der Waals surface area contributed by atoms with Gasteiger partial charge in [0.15, 0.2) is 11.7 Å². The van der Waals surface area contributed by atoms with Crippen molar-refractivity contribution < 1.29 is 9.21 Å². The van der Waals surface area contributed by atoms with Crippen molar-refractivity contribution in [2.24, 2.45) is 0 Å². The first-order valence-corrected chi connectivity index (χ1v) is 9.49. The second-order valence-electron chi connectivity index (χ2n) is 6.92. The zero-order valence-corrected chi connectivity index (χ0v) is 15.9. The number of nitrogens with zero attached hydrogens (tertiary/aromatic N) is 5. The van der Waals surface area contributed by atoms with Gasteiger partial charge in [-0.3, -0.25) is 9.78 Å². The molecule has 3 heterocycles. The lowest BCUT2D eigenvalue weighted by Gasteiger charge is -2.35. The third-order valence-electron chi connectivity index (χ3n) is 4.95. The molecule has 1 aromatic carbocycles. The number of carbonyl (C=O) groups excluding carboxylic acids is 1. The van der Waals surface area contributed by atoms with Crippen molar-refractivity contribution in [2.45, 2.75) is 19.8 Å². The number of rotatable bonds is 5. The van der Waals surface area contributed by atoms with E-state index in [2.05, 4.69) is 19.9 Å². The van der Waals surface area contributed by atoms with E-state index in [1.54, 1.807) is 24.8 Å². The molecule has 28 heavy (non-hydrogen) atoms. The van der Waals surface area contributed by atoms with Crippen LogP contribution < -0.4 is 4.90 Å². The summed E-state index contributed by atoms with van der Waals surface area (Å²) >= 11 is 0. The molecule has 144 valence electrons. The molecule has 1 fully saturated rings. The third kappa shape index (κ3) is 4.19. The molecule has 0 saturated carbocycles. The molecule has 0 radical (unpaired) electrons. The molecule has 1 saturated heterocycles. The van der Waals surface area contributed by atoms with Gasteiger partial charge < -0.3 is 14.2 Å². The summed E-state index contributed by atoms with van der Waals surface area (Å²) in [5.74, 6) is 2.33. The van der Waals surface area contributed by atoms with Gasteiger partial charge >= 0.3 is 0 Å². The number of hydrogen-bond donors (Lipinski definition) is 0. The molecule has 2 aromatic heterocycles. The summed E-state index contributed by atoms with van der Waals surface area (Å²) in [5.41, 5.74) is 2.20. The molecule has 4 rings (SSSR count). The van der Waals surface area contributed by atoms with Crippen LogP contribution in [0, 0.1) is 6.92 Å². The minimum absolute atomic E-state index is 0.133. The molecular formula is C21H23N5O2. The first-order valence-electron chi connectivity index (χ1n) is 9.49. The Bertz CT molecular complexity index is 915. The van der Waals surface area contributed by atoms with Crippen LogP contribution in [-0.4, -0.2) is 51.9 Å². The zero-order chi connectivity index (χ0) is 19.3.